The molecule has 1 heterocycles. The van der Waals surface area contributed by atoms with Crippen molar-refractivity contribution in [2.75, 3.05) is 23.8 Å². The van der Waals surface area contributed by atoms with Gasteiger partial charge in [-0.2, -0.15) is 0 Å². The quantitative estimate of drug-likeness (QED) is 0.792. The van der Waals surface area contributed by atoms with Gasteiger partial charge in [0.2, 0.25) is 11.8 Å². The van der Waals surface area contributed by atoms with Crippen LogP contribution >= 0.6 is 0 Å². The Morgan fingerprint density at radius 2 is 1.79 bits per heavy atom. The first-order valence-electron chi connectivity index (χ1n) is 8.22. The van der Waals surface area contributed by atoms with Gasteiger partial charge in [0.25, 0.3) is 0 Å². The second kappa shape index (κ2) is 6.91. The van der Waals surface area contributed by atoms with E-state index < -0.39 is 11.0 Å². The van der Waals surface area contributed by atoms with Gasteiger partial charge in [-0.15, -0.1) is 0 Å². The number of benzene rings is 1. The molecule has 6 heteroatoms. The van der Waals surface area contributed by atoms with Crippen LogP contribution < -0.4 is 16.4 Å². The molecule has 0 bridgehead atoms. The monoisotopic (exact) mass is 333 g/mol. The number of rotatable bonds is 3. The second-order valence-corrected chi connectivity index (χ2v) is 7.46. The third-order valence-electron chi connectivity index (χ3n) is 4.26. The summed E-state index contributed by atoms with van der Waals surface area (Å²) >= 11 is 0. The van der Waals surface area contributed by atoms with Gasteiger partial charge in [0, 0.05) is 30.0 Å². The Hall–Kier alpha value is -1.92. The minimum atomic E-state index is -0.905. The molecule has 2 amide bonds. The molecule has 6 nitrogen and oxygen atoms in total. The van der Waals surface area contributed by atoms with Gasteiger partial charge >= 0.3 is 0 Å². The zero-order valence-electron chi connectivity index (χ0n) is 14.9. The van der Waals surface area contributed by atoms with Crippen molar-refractivity contribution >= 4 is 23.2 Å². The van der Waals surface area contributed by atoms with Gasteiger partial charge in [-0.05, 0) is 37.5 Å². The van der Waals surface area contributed by atoms with Crippen molar-refractivity contribution in [2.24, 2.45) is 11.1 Å². The number of hydrogen-bond acceptors (Lipinski definition) is 4. The molecule has 1 fully saturated rings. The standard InChI is InChI=1S/C18H27N3O3/c1-12-5-6-13(11-14(12)21-15(22)17(2,3)4)20-16(23)18(19)7-9-24-10-8-18/h5-6,11H,7-10,19H2,1-4H3,(H,20,23)(H,21,22). The van der Waals surface area contributed by atoms with Gasteiger partial charge in [0.1, 0.15) is 5.54 Å². The van der Waals surface area contributed by atoms with Crippen LogP contribution in [0.3, 0.4) is 0 Å². The lowest BCUT2D eigenvalue weighted by atomic mass is 9.90. The van der Waals surface area contributed by atoms with E-state index in [0.717, 1.165) is 5.56 Å². The zero-order chi connectivity index (χ0) is 18.0. The summed E-state index contributed by atoms with van der Waals surface area (Å²) in [6.07, 6.45) is 0.997. The maximum absolute atomic E-state index is 12.5. The van der Waals surface area contributed by atoms with E-state index in [9.17, 15) is 9.59 Å². The molecule has 1 saturated heterocycles. The highest BCUT2D eigenvalue weighted by atomic mass is 16.5. The highest BCUT2D eigenvalue weighted by Crippen LogP contribution is 2.25. The number of ether oxygens (including phenoxy) is 1. The summed E-state index contributed by atoms with van der Waals surface area (Å²) in [6, 6.07) is 5.43. The number of carbonyl (C=O) groups excluding carboxylic acids is 2. The average Bonchev–Trinajstić information content (AvgIpc) is 2.50. The Kier molecular flexibility index (Phi) is 5.30. The Balaban J connectivity index is 2.13. The summed E-state index contributed by atoms with van der Waals surface area (Å²) in [5.74, 6) is -0.295. The number of nitrogens with one attached hydrogen (secondary N) is 2. The van der Waals surface area contributed by atoms with Crippen LogP contribution in [0.5, 0.6) is 0 Å². The van der Waals surface area contributed by atoms with Crippen LogP contribution in [0, 0.1) is 12.3 Å². The summed E-state index contributed by atoms with van der Waals surface area (Å²) in [5.41, 5.74) is 7.03. The molecule has 4 N–H and O–H groups in total. The molecule has 1 aromatic carbocycles. The molecule has 0 unspecified atom stereocenters. The Morgan fingerprint density at radius 1 is 1.17 bits per heavy atom. The van der Waals surface area contributed by atoms with E-state index in [4.69, 9.17) is 10.5 Å². The summed E-state index contributed by atoms with van der Waals surface area (Å²) in [6.45, 7) is 8.45. The molecule has 1 aliphatic rings. The van der Waals surface area contributed by atoms with Crippen LogP contribution in [0.15, 0.2) is 18.2 Å². The third-order valence-corrected chi connectivity index (χ3v) is 4.26. The molecular weight excluding hydrogens is 306 g/mol. The van der Waals surface area contributed by atoms with Gasteiger partial charge in [-0.25, -0.2) is 0 Å². The fourth-order valence-corrected chi connectivity index (χ4v) is 2.36. The zero-order valence-corrected chi connectivity index (χ0v) is 14.9. The topological polar surface area (TPSA) is 93.5 Å². The predicted molar refractivity (Wildman–Crippen MR) is 94.9 cm³/mol. The average molecular weight is 333 g/mol. The van der Waals surface area contributed by atoms with E-state index in [1.54, 1.807) is 6.07 Å². The maximum atomic E-state index is 12.5. The molecule has 0 saturated carbocycles. The van der Waals surface area contributed by atoms with Crippen LogP contribution in [0.1, 0.15) is 39.2 Å². The summed E-state index contributed by atoms with van der Waals surface area (Å²) in [5, 5.41) is 5.77. The van der Waals surface area contributed by atoms with Gasteiger partial charge in [-0.1, -0.05) is 26.8 Å². The van der Waals surface area contributed by atoms with Crippen LogP contribution in [0.4, 0.5) is 11.4 Å². The lowest BCUT2D eigenvalue weighted by Crippen LogP contribution is -2.54. The first-order valence-corrected chi connectivity index (χ1v) is 8.22. The number of aryl methyl sites for hydroxylation is 1. The maximum Gasteiger partial charge on any atom is 0.244 e. The highest BCUT2D eigenvalue weighted by Gasteiger charge is 2.36. The number of nitrogens with two attached hydrogens (primary N) is 1. The van der Waals surface area contributed by atoms with Crippen LogP contribution in [0.25, 0.3) is 0 Å². The summed E-state index contributed by atoms with van der Waals surface area (Å²) in [4.78, 5) is 24.7. The molecule has 24 heavy (non-hydrogen) atoms. The molecule has 0 aromatic heterocycles. The largest absolute Gasteiger partial charge is 0.381 e. The van der Waals surface area contributed by atoms with E-state index >= 15 is 0 Å². The van der Waals surface area contributed by atoms with E-state index in [0.29, 0.717) is 37.4 Å². The number of carbonyl (C=O) groups is 2. The number of anilines is 2. The first-order chi connectivity index (χ1) is 11.1. The number of amides is 2. The van der Waals surface area contributed by atoms with E-state index in [1.165, 1.54) is 0 Å². The minimum absolute atomic E-state index is 0.0752. The van der Waals surface area contributed by atoms with Crippen LogP contribution in [-0.2, 0) is 14.3 Å². The molecule has 0 radical (unpaired) electrons. The Labute approximate surface area is 143 Å². The molecule has 1 aliphatic heterocycles. The smallest absolute Gasteiger partial charge is 0.244 e. The van der Waals surface area contributed by atoms with Gasteiger partial charge in [0.05, 0.1) is 0 Å². The Bertz CT molecular complexity index is 629. The lowest BCUT2D eigenvalue weighted by molar-refractivity contribution is -0.124. The van der Waals surface area contributed by atoms with E-state index in [-0.39, 0.29) is 11.8 Å². The summed E-state index contributed by atoms with van der Waals surface area (Å²) in [7, 11) is 0. The van der Waals surface area contributed by atoms with Gasteiger partial charge in [-0.3, -0.25) is 9.59 Å². The van der Waals surface area contributed by atoms with Gasteiger partial charge < -0.3 is 21.1 Å². The summed E-state index contributed by atoms with van der Waals surface area (Å²) < 4.78 is 5.27. The fraction of sp³-hybridized carbons (Fsp3) is 0.556. The van der Waals surface area contributed by atoms with Crippen molar-refractivity contribution in [3.8, 4) is 0 Å². The molecule has 2 rings (SSSR count). The van der Waals surface area contributed by atoms with Crippen LogP contribution in [-0.4, -0.2) is 30.6 Å². The SMILES string of the molecule is Cc1ccc(NC(=O)C2(N)CCOCC2)cc1NC(=O)C(C)(C)C. The van der Waals surface area contributed by atoms with Crippen molar-refractivity contribution in [3.05, 3.63) is 23.8 Å². The Morgan fingerprint density at radius 3 is 2.38 bits per heavy atom. The fourth-order valence-electron chi connectivity index (χ4n) is 2.36. The van der Waals surface area contributed by atoms with Crippen molar-refractivity contribution < 1.29 is 14.3 Å². The molecule has 1 aromatic rings. The minimum Gasteiger partial charge on any atom is -0.381 e. The second-order valence-electron chi connectivity index (χ2n) is 7.46. The van der Waals surface area contributed by atoms with Crippen molar-refractivity contribution in [2.45, 2.75) is 46.1 Å². The van der Waals surface area contributed by atoms with E-state index in [2.05, 4.69) is 10.6 Å². The highest BCUT2D eigenvalue weighted by molar-refractivity contribution is 6.00. The number of hydrogen-bond donors (Lipinski definition) is 3. The van der Waals surface area contributed by atoms with Gasteiger partial charge in [0.15, 0.2) is 0 Å². The molecule has 0 spiro atoms. The van der Waals surface area contributed by atoms with Crippen molar-refractivity contribution in [3.63, 3.8) is 0 Å². The molecule has 0 atom stereocenters. The molecule has 0 aliphatic carbocycles. The first kappa shape index (κ1) is 18.4. The predicted octanol–water partition coefficient (Wildman–Crippen LogP) is 2.43. The molecular formula is C18H27N3O3. The van der Waals surface area contributed by atoms with Crippen molar-refractivity contribution in [1.29, 1.82) is 0 Å². The molecule has 132 valence electrons. The van der Waals surface area contributed by atoms with Crippen molar-refractivity contribution in [1.82, 2.24) is 0 Å². The lowest BCUT2D eigenvalue weighted by Gasteiger charge is -2.31. The third kappa shape index (κ3) is 4.33. The van der Waals surface area contributed by atoms with E-state index in [1.807, 2.05) is 39.8 Å². The normalized spacial score (nSPS) is 17.2. The van der Waals surface area contributed by atoms with Crippen LogP contribution in [0.2, 0.25) is 0 Å².